The van der Waals surface area contributed by atoms with Gasteiger partial charge >= 0.3 is 0 Å². The molecule has 0 amide bonds. The van der Waals surface area contributed by atoms with E-state index in [4.69, 9.17) is 0 Å². The molecule has 166 valence electrons. The summed E-state index contributed by atoms with van der Waals surface area (Å²) in [6.45, 7) is 2.60. The highest BCUT2D eigenvalue weighted by atomic mass is 19.1. The zero-order chi connectivity index (χ0) is 23.5. The molecule has 1 aromatic heterocycles. The molecule has 0 aliphatic heterocycles. The molecular weight excluding hydrogens is 422 g/mol. The number of halogens is 2. The third-order valence-electron chi connectivity index (χ3n) is 3.84. The number of carbonyl (C=O) groups excluding carboxylic acids is 2. The minimum Gasteiger partial charge on any atom is -0.399 e. The zero-order valence-electron chi connectivity index (χ0n) is 17.5. The van der Waals surface area contributed by atoms with Crippen molar-refractivity contribution >= 4 is 29.7 Å². The Bertz CT molecular complexity index is 1130. The lowest BCUT2D eigenvalue weighted by Crippen LogP contribution is -2.08. The SMILES string of the molecule is CC(=O)c1c(F)cccc1-n1nccn1.CO/N=C/C=N/Nc1cccc(F)c1C(C)=O. The first-order valence-electron chi connectivity index (χ1n) is 9.16. The van der Waals surface area contributed by atoms with E-state index in [1.165, 1.54) is 74.8 Å². The summed E-state index contributed by atoms with van der Waals surface area (Å²) in [6, 6.07) is 8.62. The van der Waals surface area contributed by atoms with Gasteiger partial charge in [-0.05, 0) is 38.1 Å². The summed E-state index contributed by atoms with van der Waals surface area (Å²) in [5, 5.41) is 14.9. The summed E-state index contributed by atoms with van der Waals surface area (Å²) >= 11 is 0. The average Bonchev–Trinajstić information content (AvgIpc) is 3.28. The van der Waals surface area contributed by atoms with Crippen LogP contribution in [0.4, 0.5) is 14.5 Å². The number of benzene rings is 2. The molecule has 3 aromatic rings. The first-order valence-corrected chi connectivity index (χ1v) is 9.16. The molecule has 0 atom stereocenters. The Hall–Kier alpha value is -4.28. The van der Waals surface area contributed by atoms with Crippen molar-refractivity contribution in [3.8, 4) is 5.69 Å². The van der Waals surface area contributed by atoms with Gasteiger partial charge in [0.25, 0.3) is 0 Å². The van der Waals surface area contributed by atoms with Crippen LogP contribution in [0, 0.1) is 11.6 Å². The van der Waals surface area contributed by atoms with Crippen LogP contribution in [0.1, 0.15) is 34.6 Å². The van der Waals surface area contributed by atoms with Crippen molar-refractivity contribution < 1.29 is 23.2 Å². The van der Waals surface area contributed by atoms with E-state index in [1.807, 2.05) is 0 Å². The molecule has 0 unspecified atom stereocenters. The van der Waals surface area contributed by atoms with Gasteiger partial charge in [0.15, 0.2) is 11.6 Å². The topological polar surface area (TPSA) is 111 Å². The highest BCUT2D eigenvalue weighted by molar-refractivity contribution is 6.16. The number of nitrogens with one attached hydrogen (secondary N) is 1. The minimum absolute atomic E-state index is 0.00806. The van der Waals surface area contributed by atoms with Gasteiger partial charge in [0.05, 0.1) is 47.3 Å². The molecule has 3 rings (SSSR count). The molecule has 0 radical (unpaired) electrons. The van der Waals surface area contributed by atoms with Crippen molar-refractivity contribution in [3.63, 3.8) is 0 Å². The van der Waals surface area contributed by atoms with Crippen molar-refractivity contribution in [2.45, 2.75) is 13.8 Å². The Morgan fingerprint density at radius 1 is 0.969 bits per heavy atom. The van der Waals surface area contributed by atoms with Crippen LogP contribution in [0.15, 0.2) is 59.0 Å². The summed E-state index contributed by atoms with van der Waals surface area (Å²) in [5.74, 6) is -1.85. The van der Waals surface area contributed by atoms with Crippen molar-refractivity contribution in [2.24, 2.45) is 10.3 Å². The second-order valence-corrected chi connectivity index (χ2v) is 6.05. The molecule has 32 heavy (non-hydrogen) atoms. The maximum Gasteiger partial charge on any atom is 0.164 e. The van der Waals surface area contributed by atoms with Gasteiger partial charge < -0.3 is 4.84 Å². The molecule has 1 N–H and O–H groups in total. The third kappa shape index (κ3) is 6.36. The molecule has 0 aliphatic rings. The fraction of sp³-hybridized carbons (Fsp3) is 0.143. The minimum atomic E-state index is -0.580. The largest absolute Gasteiger partial charge is 0.399 e. The van der Waals surface area contributed by atoms with Crippen LogP contribution in [0.2, 0.25) is 0 Å². The number of carbonyl (C=O) groups is 2. The Labute approximate surface area is 182 Å². The molecule has 1 heterocycles. The molecule has 0 spiro atoms. The van der Waals surface area contributed by atoms with Crippen LogP contribution in [-0.2, 0) is 4.84 Å². The summed E-state index contributed by atoms with van der Waals surface area (Å²) in [4.78, 5) is 28.2. The van der Waals surface area contributed by atoms with Gasteiger partial charge in [-0.1, -0.05) is 17.3 Å². The van der Waals surface area contributed by atoms with Crippen LogP contribution in [0.5, 0.6) is 0 Å². The Morgan fingerprint density at radius 3 is 2.16 bits per heavy atom. The number of rotatable bonds is 7. The van der Waals surface area contributed by atoms with Gasteiger partial charge in [0, 0.05) is 0 Å². The smallest absolute Gasteiger partial charge is 0.164 e. The number of hydrogen-bond acceptors (Lipinski definition) is 8. The van der Waals surface area contributed by atoms with Gasteiger partial charge in [0.2, 0.25) is 0 Å². The van der Waals surface area contributed by atoms with Crippen LogP contribution in [0.3, 0.4) is 0 Å². The summed E-state index contributed by atoms with van der Waals surface area (Å²) in [7, 11) is 1.40. The van der Waals surface area contributed by atoms with Crippen LogP contribution in [-0.4, -0.2) is 46.1 Å². The second kappa shape index (κ2) is 11.8. The van der Waals surface area contributed by atoms with E-state index in [-0.39, 0.29) is 22.7 Å². The first kappa shape index (κ1) is 24.0. The van der Waals surface area contributed by atoms with E-state index in [0.717, 1.165) is 0 Å². The summed E-state index contributed by atoms with van der Waals surface area (Å²) in [6.07, 6.45) is 5.56. The number of anilines is 1. The predicted octanol–water partition coefficient (Wildman–Crippen LogP) is 3.67. The number of oxime groups is 1. The second-order valence-electron chi connectivity index (χ2n) is 6.05. The highest BCUT2D eigenvalue weighted by Crippen LogP contribution is 2.19. The monoisotopic (exact) mass is 442 g/mol. The highest BCUT2D eigenvalue weighted by Gasteiger charge is 2.15. The fourth-order valence-electron chi connectivity index (χ4n) is 2.57. The maximum absolute atomic E-state index is 13.4. The van der Waals surface area contributed by atoms with Crippen molar-refractivity contribution in [1.82, 2.24) is 15.0 Å². The first-order chi connectivity index (χ1) is 15.4. The van der Waals surface area contributed by atoms with Gasteiger partial charge in [-0.2, -0.15) is 20.1 Å². The van der Waals surface area contributed by atoms with Gasteiger partial charge in [-0.25, -0.2) is 8.78 Å². The molecule has 0 aliphatic carbocycles. The lowest BCUT2D eigenvalue weighted by atomic mass is 10.1. The van der Waals surface area contributed by atoms with Gasteiger partial charge in [-0.15, -0.1) is 0 Å². The van der Waals surface area contributed by atoms with E-state index in [2.05, 4.69) is 30.7 Å². The summed E-state index contributed by atoms with van der Waals surface area (Å²) < 4.78 is 26.8. The molecule has 9 nitrogen and oxygen atoms in total. The van der Waals surface area contributed by atoms with Crippen molar-refractivity contribution in [3.05, 3.63) is 71.6 Å². The van der Waals surface area contributed by atoms with E-state index in [0.29, 0.717) is 11.4 Å². The predicted molar refractivity (Wildman–Crippen MR) is 115 cm³/mol. The van der Waals surface area contributed by atoms with Crippen molar-refractivity contribution in [1.29, 1.82) is 0 Å². The molecule has 0 bridgehead atoms. The van der Waals surface area contributed by atoms with E-state index in [1.54, 1.807) is 12.1 Å². The van der Waals surface area contributed by atoms with Crippen molar-refractivity contribution in [2.75, 3.05) is 12.5 Å². The van der Waals surface area contributed by atoms with Gasteiger partial charge in [0.1, 0.15) is 18.7 Å². The number of hydrogen-bond donors (Lipinski definition) is 1. The number of ketones is 2. The zero-order valence-corrected chi connectivity index (χ0v) is 17.5. The maximum atomic E-state index is 13.4. The summed E-state index contributed by atoms with van der Waals surface area (Å²) in [5.41, 5.74) is 3.20. The molecule has 2 aromatic carbocycles. The van der Waals surface area contributed by atoms with Crippen LogP contribution in [0.25, 0.3) is 5.69 Å². The Kier molecular flexibility index (Phi) is 8.84. The van der Waals surface area contributed by atoms with E-state index in [9.17, 15) is 18.4 Å². The van der Waals surface area contributed by atoms with E-state index < -0.39 is 11.6 Å². The number of Topliss-reactive ketones (excluding diaryl/α,β-unsaturated/α-hetero) is 2. The molecule has 0 fully saturated rings. The number of hydrazone groups is 1. The average molecular weight is 442 g/mol. The standard InChI is InChI=1S/C11H12FN3O2.C10H8FN3O/c1-8(16)11-9(12)4-3-5-10(11)15-13-6-7-14-17-2;1-7(15)10-8(11)3-2-4-9(10)14-12-5-6-13-14/h3-7,15H,1-2H3;2-6H,1H3/b13-6+,14-7+;. The van der Waals surface area contributed by atoms with Gasteiger partial charge in [-0.3, -0.25) is 15.0 Å². The lowest BCUT2D eigenvalue weighted by Gasteiger charge is -2.06. The molecular formula is C21H20F2N6O3. The number of aromatic nitrogens is 3. The normalized spacial score (nSPS) is 10.7. The molecule has 0 saturated carbocycles. The van der Waals surface area contributed by atoms with Crippen LogP contribution >= 0.6 is 0 Å². The van der Waals surface area contributed by atoms with E-state index >= 15 is 0 Å². The third-order valence-corrected chi connectivity index (χ3v) is 3.84. The number of nitrogens with zero attached hydrogens (tertiary/aromatic N) is 5. The Balaban J connectivity index is 0.000000228. The molecule has 0 saturated heterocycles. The fourth-order valence-corrected chi connectivity index (χ4v) is 2.57. The Morgan fingerprint density at radius 2 is 1.56 bits per heavy atom. The molecule has 11 heteroatoms. The quantitative estimate of drug-likeness (QED) is 0.340. The lowest BCUT2D eigenvalue weighted by molar-refractivity contribution is 0.100. The van der Waals surface area contributed by atoms with Crippen LogP contribution < -0.4 is 5.43 Å².